The number of nitrogen functional groups attached to an aromatic ring is 1. The highest BCUT2D eigenvalue weighted by atomic mass is 16.5. The predicted molar refractivity (Wildman–Crippen MR) is 148 cm³/mol. The van der Waals surface area contributed by atoms with Gasteiger partial charge in [-0.1, -0.05) is 6.07 Å². The lowest BCUT2D eigenvalue weighted by Gasteiger charge is -2.32. The number of nitrogens with one attached hydrogen (secondary N) is 2. The number of benzene rings is 1. The van der Waals surface area contributed by atoms with Crippen LogP contribution in [0.15, 0.2) is 67.1 Å². The molecule has 1 aliphatic carbocycles. The number of fused-ring (bicyclic) bond motifs is 4. The number of nitrogens with two attached hydrogens (primary N) is 1. The standard InChI is InChI=1S/C29H29N9O/c30-27-21(3-1-10-32-27)28-35-23-8-9-25(37-12-2-11-33-37)36-29(23)38(28)19-5-6-20-17(13-19)4-7-22(20)34-26-18-14-31-15-24(26)39-16-18/h1-3,5-6,8-13,18,22,24,26,31,34H,4,7,14-16H2,(H2,30,32)/t18?,22-,24?,26?/m0/s1. The number of piperidine rings is 1. The number of pyridine rings is 2. The van der Waals surface area contributed by atoms with Crippen LogP contribution in [0.3, 0.4) is 0 Å². The van der Waals surface area contributed by atoms with Gasteiger partial charge < -0.3 is 21.1 Å². The average Bonchev–Trinajstić information content (AvgIpc) is 3.74. The summed E-state index contributed by atoms with van der Waals surface area (Å²) in [5.41, 5.74) is 12.4. The summed E-state index contributed by atoms with van der Waals surface area (Å²) >= 11 is 0. The molecule has 4 aromatic heterocycles. The number of anilines is 1. The van der Waals surface area contributed by atoms with Crippen molar-refractivity contribution in [1.29, 1.82) is 0 Å². The number of hydrogen-bond acceptors (Lipinski definition) is 8. The van der Waals surface area contributed by atoms with E-state index in [2.05, 4.69) is 43.5 Å². The average molecular weight is 520 g/mol. The van der Waals surface area contributed by atoms with Crippen molar-refractivity contribution >= 4 is 17.0 Å². The Hall–Kier alpha value is -4.12. The van der Waals surface area contributed by atoms with Crippen molar-refractivity contribution in [2.75, 3.05) is 25.4 Å². The third kappa shape index (κ3) is 3.75. The van der Waals surface area contributed by atoms with Crippen LogP contribution in [0.4, 0.5) is 5.82 Å². The Morgan fingerprint density at radius 3 is 2.90 bits per heavy atom. The fourth-order valence-electron chi connectivity index (χ4n) is 6.44. The van der Waals surface area contributed by atoms with Crippen LogP contribution in [0, 0.1) is 5.92 Å². The summed E-state index contributed by atoms with van der Waals surface area (Å²) in [6.45, 7) is 2.79. The molecule has 0 spiro atoms. The van der Waals surface area contributed by atoms with E-state index < -0.39 is 0 Å². The summed E-state index contributed by atoms with van der Waals surface area (Å²) < 4.78 is 9.88. The van der Waals surface area contributed by atoms with E-state index in [4.69, 9.17) is 20.4 Å². The molecule has 3 aliphatic rings. The van der Waals surface area contributed by atoms with E-state index in [1.807, 2.05) is 36.5 Å². The van der Waals surface area contributed by atoms with E-state index in [9.17, 15) is 0 Å². The smallest absolute Gasteiger partial charge is 0.167 e. The van der Waals surface area contributed by atoms with Crippen LogP contribution in [-0.4, -0.2) is 61.1 Å². The van der Waals surface area contributed by atoms with Gasteiger partial charge in [0.2, 0.25) is 0 Å². The Kier molecular flexibility index (Phi) is 5.25. The van der Waals surface area contributed by atoms with Crippen molar-refractivity contribution in [3.8, 4) is 22.9 Å². The molecule has 1 aromatic carbocycles. The number of imidazole rings is 1. The van der Waals surface area contributed by atoms with Crippen molar-refractivity contribution in [2.45, 2.75) is 31.0 Å². The molecule has 5 aromatic rings. The normalized spacial score (nSPS) is 23.9. The topological polar surface area (TPSA) is 121 Å². The molecule has 2 bridgehead atoms. The van der Waals surface area contributed by atoms with Crippen molar-refractivity contribution in [3.05, 3.63) is 78.2 Å². The van der Waals surface area contributed by atoms with E-state index >= 15 is 0 Å². The number of hydrogen-bond donors (Lipinski definition) is 3. The van der Waals surface area contributed by atoms with Crippen LogP contribution >= 0.6 is 0 Å². The lowest BCUT2D eigenvalue weighted by Crippen LogP contribution is -2.53. The molecule has 196 valence electrons. The van der Waals surface area contributed by atoms with Crippen LogP contribution in [-0.2, 0) is 11.2 Å². The molecule has 3 unspecified atom stereocenters. The first-order chi connectivity index (χ1) is 19.2. The van der Waals surface area contributed by atoms with Gasteiger partial charge in [-0.25, -0.2) is 19.6 Å². The van der Waals surface area contributed by atoms with Crippen molar-refractivity contribution in [3.63, 3.8) is 0 Å². The summed E-state index contributed by atoms with van der Waals surface area (Å²) in [5.74, 6) is 2.41. The maximum absolute atomic E-state index is 6.33. The van der Waals surface area contributed by atoms with E-state index in [1.54, 1.807) is 17.1 Å². The number of nitrogens with zero attached hydrogens (tertiary/aromatic N) is 6. The second kappa shape index (κ2) is 8.98. The summed E-state index contributed by atoms with van der Waals surface area (Å²) in [6, 6.07) is 17.1. The van der Waals surface area contributed by atoms with E-state index in [-0.39, 0.29) is 6.10 Å². The van der Waals surface area contributed by atoms with Crippen LogP contribution in [0.25, 0.3) is 34.1 Å². The Labute approximate surface area is 225 Å². The molecule has 4 N–H and O–H groups in total. The molecule has 2 aliphatic heterocycles. The second-order valence-electron chi connectivity index (χ2n) is 10.6. The number of rotatable bonds is 5. The van der Waals surface area contributed by atoms with Crippen LogP contribution in [0.5, 0.6) is 0 Å². The lowest BCUT2D eigenvalue weighted by atomic mass is 9.93. The molecule has 10 heteroatoms. The van der Waals surface area contributed by atoms with Gasteiger partial charge in [0.25, 0.3) is 0 Å². The fraction of sp³-hybridized carbons (Fsp3) is 0.310. The molecular weight excluding hydrogens is 490 g/mol. The zero-order valence-electron chi connectivity index (χ0n) is 21.4. The SMILES string of the molecule is Nc1ncccc1-c1nc2ccc(-n3cccn3)nc2n1-c1ccc2c(c1)CC[C@@H]2NC1C2CNCC1OC2. The second-order valence-corrected chi connectivity index (χ2v) is 10.6. The molecular formula is C29H29N9O. The van der Waals surface area contributed by atoms with Crippen LogP contribution in [0.2, 0.25) is 0 Å². The van der Waals surface area contributed by atoms with Crippen molar-refractivity contribution in [2.24, 2.45) is 5.92 Å². The highest BCUT2D eigenvalue weighted by molar-refractivity contribution is 5.83. The Morgan fingerprint density at radius 1 is 1.05 bits per heavy atom. The van der Waals surface area contributed by atoms with Crippen LogP contribution in [0.1, 0.15) is 23.6 Å². The minimum atomic E-state index is 0.256. The molecule has 39 heavy (non-hydrogen) atoms. The van der Waals surface area contributed by atoms with E-state index in [1.165, 1.54) is 11.1 Å². The predicted octanol–water partition coefficient (Wildman–Crippen LogP) is 2.81. The lowest BCUT2D eigenvalue weighted by molar-refractivity contribution is 0.0986. The Morgan fingerprint density at radius 2 is 2.03 bits per heavy atom. The molecule has 8 rings (SSSR count). The largest absolute Gasteiger partial charge is 0.383 e. The van der Waals surface area contributed by atoms with Crippen molar-refractivity contribution < 1.29 is 4.74 Å². The molecule has 4 atom stereocenters. The minimum Gasteiger partial charge on any atom is -0.383 e. The van der Waals surface area contributed by atoms with Gasteiger partial charge >= 0.3 is 0 Å². The van der Waals surface area contributed by atoms with E-state index in [0.29, 0.717) is 23.8 Å². The van der Waals surface area contributed by atoms with Crippen LogP contribution < -0.4 is 16.4 Å². The van der Waals surface area contributed by atoms with Gasteiger partial charge in [0.15, 0.2) is 17.3 Å². The molecule has 2 fully saturated rings. The zero-order chi connectivity index (χ0) is 25.9. The Bertz CT molecular complexity index is 1660. The zero-order valence-corrected chi connectivity index (χ0v) is 21.4. The monoisotopic (exact) mass is 519 g/mol. The quantitative estimate of drug-likeness (QED) is 0.324. The minimum absolute atomic E-state index is 0.256. The molecule has 0 amide bonds. The third-order valence-corrected chi connectivity index (χ3v) is 8.35. The molecule has 0 saturated carbocycles. The van der Waals surface area contributed by atoms with Crippen molar-refractivity contribution in [1.82, 2.24) is 39.9 Å². The first-order valence-electron chi connectivity index (χ1n) is 13.5. The van der Waals surface area contributed by atoms with Gasteiger partial charge in [-0.2, -0.15) is 5.10 Å². The Balaban J connectivity index is 1.22. The maximum Gasteiger partial charge on any atom is 0.167 e. The molecule has 2 saturated heterocycles. The molecule has 6 heterocycles. The van der Waals surface area contributed by atoms with Gasteiger partial charge in [-0.3, -0.25) is 4.57 Å². The van der Waals surface area contributed by atoms with Gasteiger partial charge in [-0.15, -0.1) is 0 Å². The first-order valence-corrected chi connectivity index (χ1v) is 13.5. The van der Waals surface area contributed by atoms with Gasteiger partial charge in [0, 0.05) is 55.4 Å². The summed E-state index contributed by atoms with van der Waals surface area (Å²) in [6.07, 6.45) is 7.69. The fourth-order valence-corrected chi connectivity index (χ4v) is 6.44. The molecule has 0 radical (unpaired) electrons. The maximum atomic E-state index is 6.33. The summed E-state index contributed by atoms with van der Waals surface area (Å²) in [7, 11) is 0. The highest BCUT2D eigenvalue weighted by Crippen LogP contribution is 2.37. The first kappa shape index (κ1) is 22.8. The number of ether oxygens (including phenoxy) is 1. The van der Waals surface area contributed by atoms with Gasteiger partial charge in [0.05, 0.1) is 18.3 Å². The summed E-state index contributed by atoms with van der Waals surface area (Å²) in [5, 5.41) is 11.8. The van der Waals surface area contributed by atoms with Gasteiger partial charge in [0.1, 0.15) is 11.3 Å². The van der Waals surface area contributed by atoms with E-state index in [0.717, 1.165) is 66.6 Å². The van der Waals surface area contributed by atoms with Gasteiger partial charge in [-0.05, 0) is 66.4 Å². The number of aromatic nitrogens is 6. The summed E-state index contributed by atoms with van der Waals surface area (Å²) in [4.78, 5) is 14.3. The number of aryl methyl sites for hydroxylation is 1. The molecule has 10 nitrogen and oxygen atoms in total. The highest BCUT2D eigenvalue weighted by Gasteiger charge is 2.41. The third-order valence-electron chi connectivity index (χ3n) is 8.35.